The van der Waals surface area contributed by atoms with E-state index in [1.165, 1.54) is 16.9 Å². The van der Waals surface area contributed by atoms with Crippen molar-refractivity contribution < 1.29 is 19.1 Å². The molecular weight excluding hydrogens is 496 g/mol. The predicted octanol–water partition coefficient (Wildman–Crippen LogP) is 6.35. The second-order valence-corrected chi connectivity index (χ2v) is 10.9. The minimum absolute atomic E-state index is 0.229. The second kappa shape index (κ2) is 11.1. The Bertz CT molecular complexity index is 1350. The molecule has 1 aliphatic heterocycles. The van der Waals surface area contributed by atoms with Crippen LogP contribution in [0.4, 0.5) is 0 Å². The highest BCUT2D eigenvalue weighted by atomic mass is 32.1. The number of carbonyl (C=O) groups is 2. The Labute approximate surface area is 229 Å². The first kappa shape index (κ1) is 27.6. The maximum Gasteiger partial charge on any atom is 0.336 e. The lowest BCUT2D eigenvalue weighted by molar-refractivity contribution is -0.152. The van der Waals surface area contributed by atoms with Crippen molar-refractivity contribution in [2.45, 2.75) is 59.9 Å². The van der Waals surface area contributed by atoms with E-state index < -0.39 is 23.3 Å². The van der Waals surface area contributed by atoms with Crippen molar-refractivity contribution in [1.82, 2.24) is 10.3 Å². The average Bonchev–Trinajstić information content (AvgIpc) is 3.33. The topological polar surface area (TPSA) is 77.5 Å². The summed E-state index contributed by atoms with van der Waals surface area (Å²) in [4.78, 5) is 32.2. The number of nitrogens with one attached hydrogen (secondary N) is 1. The third kappa shape index (κ3) is 4.99. The van der Waals surface area contributed by atoms with Gasteiger partial charge < -0.3 is 14.8 Å². The minimum atomic E-state index is -0.847. The molecule has 1 aromatic heterocycles. The standard InChI is InChI=1S/C31H36N2O4S/c1-8-36-29(34)25-21(6)33-31(7,22-13-11-10-12-14-22)27(30(35)37-9-2)26(25)28-32-23(17-38-28)24-19(4)15-18(3)16-20(24)5/h10-17,26-27,33H,8-9H2,1-7H3. The Kier molecular flexibility index (Phi) is 8.07. The summed E-state index contributed by atoms with van der Waals surface area (Å²) in [6.45, 7) is 14.1. The van der Waals surface area contributed by atoms with E-state index in [0.29, 0.717) is 16.3 Å². The SMILES string of the molecule is CCOC(=O)C1=C(C)NC(C)(c2ccccc2)C(C(=O)OCC)C1c1nc(-c2c(C)cc(C)cc2C)cs1. The summed E-state index contributed by atoms with van der Waals surface area (Å²) in [5, 5.41) is 6.21. The van der Waals surface area contributed by atoms with Gasteiger partial charge in [-0.25, -0.2) is 9.78 Å². The van der Waals surface area contributed by atoms with E-state index in [0.717, 1.165) is 27.9 Å². The lowest BCUT2D eigenvalue weighted by Crippen LogP contribution is -2.55. The fourth-order valence-corrected chi connectivity index (χ4v) is 6.75. The number of benzene rings is 2. The molecule has 0 saturated heterocycles. The zero-order chi connectivity index (χ0) is 27.6. The number of thiazole rings is 1. The van der Waals surface area contributed by atoms with Gasteiger partial charge in [0.25, 0.3) is 0 Å². The van der Waals surface area contributed by atoms with Crippen LogP contribution >= 0.6 is 11.3 Å². The normalized spacial score (nSPS) is 21.1. The number of hydrogen-bond donors (Lipinski definition) is 1. The maximum atomic E-state index is 13.8. The quantitative estimate of drug-likeness (QED) is 0.357. The molecule has 1 N–H and O–H groups in total. The molecule has 0 fully saturated rings. The van der Waals surface area contributed by atoms with Crippen LogP contribution in [0.15, 0.2) is 59.1 Å². The van der Waals surface area contributed by atoms with Gasteiger partial charge in [0.15, 0.2) is 0 Å². The molecule has 2 aromatic carbocycles. The van der Waals surface area contributed by atoms with Gasteiger partial charge in [0.2, 0.25) is 0 Å². The van der Waals surface area contributed by atoms with Crippen LogP contribution in [0.1, 0.15) is 60.9 Å². The first-order valence-electron chi connectivity index (χ1n) is 13.0. The number of nitrogens with zero attached hydrogens (tertiary/aromatic N) is 1. The van der Waals surface area contributed by atoms with Crippen molar-refractivity contribution in [3.05, 3.63) is 86.4 Å². The molecule has 4 rings (SSSR count). The fourth-order valence-electron chi connectivity index (χ4n) is 5.79. The molecule has 0 bridgehead atoms. The number of allylic oxidation sites excluding steroid dienone is 1. The van der Waals surface area contributed by atoms with Gasteiger partial charge in [-0.15, -0.1) is 11.3 Å². The Morgan fingerprint density at radius 2 is 1.63 bits per heavy atom. The molecule has 3 atom stereocenters. The molecule has 6 nitrogen and oxygen atoms in total. The van der Waals surface area contributed by atoms with Gasteiger partial charge in [0.1, 0.15) is 5.01 Å². The third-order valence-corrected chi connectivity index (χ3v) is 8.18. The molecule has 3 unspecified atom stereocenters. The van der Waals surface area contributed by atoms with Crippen molar-refractivity contribution in [3.63, 3.8) is 0 Å². The third-order valence-electron chi connectivity index (χ3n) is 7.25. The van der Waals surface area contributed by atoms with E-state index in [1.807, 2.05) is 49.6 Å². The lowest BCUT2D eigenvalue weighted by Gasteiger charge is -2.46. The van der Waals surface area contributed by atoms with Gasteiger partial charge in [-0.05, 0) is 65.2 Å². The second-order valence-electron chi connectivity index (χ2n) is 10.0. The van der Waals surface area contributed by atoms with Gasteiger partial charge in [0.05, 0.1) is 41.9 Å². The summed E-state index contributed by atoms with van der Waals surface area (Å²) in [6, 6.07) is 14.1. The molecule has 7 heteroatoms. The highest BCUT2D eigenvalue weighted by Gasteiger charge is 2.54. The molecule has 200 valence electrons. The Balaban J connectivity index is 1.95. The highest BCUT2D eigenvalue weighted by Crippen LogP contribution is 2.49. The zero-order valence-electron chi connectivity index (χ0n) is 23.2. The predicted molar refractivity (Wildman–Crippen MR) is 151 cm³/mol. The molecule has 0 spiro atoms. The van der Waals surface area contributed by atoms with Gasteiger partial charge in [-0.3, -0.25) is 4.79 Å². The van der Waals surface area contributed by atoms with Crippen molar-refractivity contribution in [2.24, 2.45) is 5.92 Å². The molecule has 2 heterocycles. The van der Waals surface area contributed by atoms with Gasteiger partial charge in [0, 0.05) is 16.6 Å². The number of ether oxygens (including phenoxy) is 2. The van der Waals surface area contributed by atoms with E-state index >= 15 is 0 Å². The summed E-state index contributed by atoms with van der Waals surface area (Å²) in [6.07, 6.45) is 0. The smallest absolute Gasteiger partial charge is 0.336 e. The van der Waals surface area contributed by atoms with Crippen LogP contribution in [0.2, 0.25) is 0 Å². The van der Waals surface area contributed by atoms with E-state index in [1.54, 1.807) is 13.8 Å². The molecule has 0 aliphatic carbocycles. The first-order chi connectivity index (χ1) is 18.1. The van der Waals surface area contributed by atoms with Crippen molar-refractivity contribution >= 4 is 23.3 Å². The molecule has 0 saturated carbocycles. The number of aryl methyl sites for hydroxylation is 3. The van der Waals surface area contributed by atoms with Crippen LogP contribution in [-0.4, -0.2) is 30.1 Å². The Morgan fingerprint density at radius 3 is 2.24 bits per heavy atom. The van der Waals surface area contributed by atoms with E-state index in [4.69, 9.17) is 14.5 Å². The summed E-state index contributed by atoms with van der Waals surface area (Å²) in [5.41, 5.74) is 6.54. The molecule has 1 aliphatic rings. The summed E-state index contributed by atoms with van der Waals surface area (Å²) >= 11 is 1.46. The van der Waals surface area contributed by atoms with Gasteiger partial charge in [-0.1, -0.05) is 48.0 Å². The molecule has 38 heavy (non-hydrogen) atoms. The number of esters is 2. The number of aromatic nitrogens is 1. The monoisotopic (exact) mass is 532 g/mol. The van der Waals surface area contributed by atoms with E-state index in [9.17, 15) is 9.59 Å². The van der Waals surface area contributed by atoms with E-state index in [-0.39, 0.29) is 19.2 Å². The molecule has 0 amide bonds. The van der Waals surface area contributed by atoms with Crippen LogP contribution < -0.4 is 5.32 Å². The Hall–Kier alpha value is -3.45. The number of rotatable bonds is 7. The van der Waals surface area contributed by atoms with Crippen molar-refractivity contribution in [2.75, 3.05) is 13.2 Å². The Morgan fingerprint density at radius 1 is 1.00 bits per heavy atom. The first-order valence-corrected chi connectivity index (χ1v) is 13.9. The van der Waals surface area contributed by atoms with Crippen molar-refractivity contribution in [3.8, 4) is 11.3 Å². The van der Waals surface area contributed by atoms with Crippen LogP contribution in [0.25, 0.3) is 11.3 Å². The summed E-state index contributed by atoms with van der Waals surface area (Å²) in [5.74, 6) is -2.24. The number of carbonyl (C=O) groups excluding carboxylic acids is 2. The average molecular weight is 533 g/mol. The lowest BCUT2D eigenvalue weighted by atomic mass is 9.67. The fraction of sp³-hybridized carbons (Fsp3) is 0.387. The zero-order valence-corrected chi connectivity index (χ0v) is 24.0. The largest absolute Gasteiger partial charge is 0.466 e. The molecular formula is C31H36N2O4S. The van der Waals surface area contributed by atoms with Crippen LogP contribution in [0, 0.1) is 26.7 Å². The van der Waals surface area contributed by atoms with Crippen LogP contribution in [0.5, 0.6) is 0 Å². The molecule has 3 aromatic rings. The van der Waals surface area contributed by atoms with Crippen LogP contribution in [-0.2, 0) is 24.6 Å². The van der Waals surface area contributed by atoms with Crippen LogP contribution in [0.3, 0.4) is 0 Å². The van der Waals surface area contributed by atoms with Gasteiger partial charge >= 0.3 is 11.9 Å². The van der Waals surface area contributed by atoms with Crippen molar-refractivity contribution in [1.29, 1.82) is 0 Å². The number of hydrogen-bond acceptors (Lipinski definition) is 7. The minimum Gasteiger partial charge on any atom is -0.466 e. The highest BCUT2D eigenvalue weighted by molar-refractivity contribution is 7.10. The van der Waals surface area contributed by atoms with Gasteiger partial charge in [-0.2, -0.15) is 0 Å². The molecule has 0 radical (unpaired) electrons. The summed E-state index contributed by atoms with van der Waals surface area (Å²) in [7, 11) is 0. The summed E-state index contributed by atoms with van der Waals surface area (Å²) < 4.78 is 11.1. The van der Waals surface area contributed by atoms with E-state index in [2.05, 4.69) is 38.2 Å². The maximum absolute atomic E-state index is 13.8.